The van der Waals surface area contributed by atoms with Gasteiger partial charge in [0.05, 0.1) is 42.7 Å². The van der Waals surface area contributed by atoms with Crippen LogP contribution in [-0.2, 0) is 9.53 Å². The van der Waals surface area contributed by atoms with E-state index in [0.717, 1.165) is 27.4 Å². The summed E-state index contributed by atoms with van der Waals surface area (Å²) in [6.45, 7) is 0. The Hall–Kier alpha value is -3.00. The Balaban J connectivity index is 1.60. The van der Waals surface area contributed by atoms with Crippen LogP contribution in [0.25, 0.3) is 10.9 Å². The van der Waals surface area contributed by atoms with Gasteiger partial charge in [0.2, 0.25) is 0 Å². The number of carbonyl (C=O) groups is 1. The molecule has 2 aromatic heterocycles. The summed E-state index contributed by atoms with van der Waals surface area (Å²) in [5.74, 6) is 1.80. The maximum absolute atomic E-state index is 11.4. The van der Waals surface area contributed by atoms with E-state index in [4.69, 9.17) is 15.2 Å². The van der Waals surface area contributed by atoms with Crippen molar-refractivity contribution in [2.45, 2.75) is 12.5 Å². The largest absolute Gasteiger partial charge is 0.469 e. The molecule has 7 nitrogen and oxygen atoms in total. The molecule has 0 fully saturated rings. The minimum absolute atomic E-state index is 0.0642. The molecule has 1 unspecified atom stereocenters. The average molecular weight is 382 g/mol. The third-order valence-electron chi connectivity index (χ3n) is 4.18. The zero-order valence-corrected chi connectivity index (χ0v) is 15.5. The highest BCUT2D eigenvalue weighted by Gasteiger charge is 2.23. The van der Waals surface area contributed by atoms with Gasteiger partial charge in [-0.1, -0.05) is 0 Å². The van der Waals surface area contributed by atoms with Crippen LogP contribution in [0.2, 0.25) is 0 Å². The molecule has 1 aliphatic heterocycles. The second kappa shape index (κ2) is 7.32. The molecular weight excluding hydrogens is 364 g/mol. The minimum atomic E-state index is -0.247. The first kappa shape index (κ1) is 17.4. The molecule has 0 bridgehead atoms. The number of ether oxygens (including phenoxy) is 2. The number of nitrogens with two attached hydrogens (primary N) is 1. The molecule has 0 saturated heterocycles. The Labute approximate surface area is 160 Å². The van der Waals surface area contributed by atoms with Crippen molar-refractivity contribution in [1.29, 1.82) is 0 Å². The van der Waals surface area contributed by atoms with E-state index in [-0.39, 0.29) is 12.0 Å². The molecular formula is C19H18N4O3S. The number of fused-ring (bicyclic) bond motifs is 1. The number of thioether (sulfide) groups is 1. The molecule has 4 rings (SSSR count). The third-order valence-corrected chi connectivity index (χ3v) is 5.33. The predicted octanol–water partition coefficient (Wildman–Crippen LogP) is 3.36. The van der Waals surface area contributed by atoms with Crippen molar-refractivity contribution in [3.05, 3.63) is 48.4 Å². The summed E-state index contributed by atoms with van der Waals surface area (Å²) in [5, 5.41) is 1.80. The number of H-pyrrole nitrogens is 1. The topological polar surface area (TPSA) is 103 Å². The number of nitrogens with zero attached hydrogens (tertiary/aromatic N) is 2. The van der Waals surface area contributed by atoms with Gasteiger partial charge in [0.25, 0.3) is 0 Å². The quantitative estimate of drug-likeness (QED) is 0.518. The van der Waals surface area contributed by atoms with Gasteiger partial charge in [-0.25, -0.2) is 0 Å². The van der Waals surface area contributed by atoms with E-state index in [1.165, 1.54) is 7.11 Å². The Morgan fingerprint density at radius 1 is 1.37 bits per heavy atom. The molecule has 0 aliphatic carbocycles. The summed E-state index contributed by atoms with van der Waals surface area (Å²) >= 11 is 1.61. The zero-order chi connectivity index (χ0) is 18.8. The lowest BCUT2D eigenvalue weighted by molar-refractivity contribution is -0.140. The van der Waals surface area contributed by atoms with Crippen molar-refractivity contribution in [2.75, 3.05) is 18.6 Å². The van der Waals surface area contributed by atoms with E-state index < -0.39 is 0 Å². The van der Waals surface area contributed by atoms with E-state index in [9.17, 15) is 4.79 Å². The molecule has 0 radical (unpaired) electrons. The summed E-state index contributed by atoms with van der Waals surface area (Å²) in [4.78, 5) is 23.4. The summed E-state index contributed by atoms with van der Waals surface area (Å²) in [6.07, 6.45) is 3.63. The number of aliphatic imine (C=N–C) groups is 1. The van der Waals surface area contributed by atoms with Crippen LogP contribution in [0, 0.1) is 0 Å². The summed E-state index contributed by atoms with van der Waals surface area (Å²) in [6, 6.07) is 9.27. The number of hydrogen-bond donors (Lipinski definition) is 2. The van der Waals surface area contributed by atoms with Crippen LogP contribution in [0.1, 0.15) is 12.1 Å². The van der Waals surface area contributed by atoms with Gasteiger partial charge < -0.3 is 20.2 Å². The standard InChI is InChI=1S/C19H18N4O3S/c1-25-17(24)7-12-10-27-19(22-12)16-6-11-5-14(8-15(20)18(11)23-16)26-13-3-2-4-21-9-13/h2-6,8-9,12,23H,7,10,20H2,1H3. The van der Waals surface area contributed by atoms with Crippen LogP contribution in [0.4, 0.5) is 5.69 Å². The first-order valence-corrected chi connectivity index (χ1v) is 9.39. The maximum Gasteiger partial charge on any atom is 0.307 e. The van der Waals surface area contributed by atoms with Crippen LogP contribution >= 0.6 is 11.8 Å². The fraction of sp³-hybridized carbons (Fsp3) is 0.211. The van der Waals surface area contributed by atoms with Crippen molar-refractivity contribution >= 4 is 39.4 Å². The number of hydrogen-bond acceptors (Lipinski definition) is 7. The number of aromatic nitrogens is 2. The molecule has 0 spiro atoms. The Kier molecular flexibility index (Phi) is 4.72. The van der Waals surface area contributed by atoms with Gasteiger partial charge in [-0.3, -0.25) is 14.8 Å². The van der Waals surface area contributed by atoms with Gasteiger partial charge >= 0.3 is 5.97 Å². The van der Waals surface area contributed by atoms with Crippen LogP contribution < -0.4 is 10.5 Å². The van der Waals surface area contributed by atoms with Crippen molar-refractivity contribution in [1.82, 2.24) is 9.97 Å². The number of nitrogens with one attached hydrogen (secondary N) is 1. The van der Waals surface area contributed by atoms with Gasteiger partial charge in [-0.15, -0.1) is 11.8 Å². The number of anilines is 1. The first-order valence-electron chi connectivity index (χ1n) is 8.40. The van der Waals surface area contributed by atoms with Gasteiger partial charge in [0.15, 0.2) is 0 Å². The van der Waals surface area contributed by atoms with Crippen LogP contribution in [0.3, 0.4) is 0 Å². The fourth-order valence-corrected chi connectivity index (χ4v) is 3.94. The molecule has 3 N–H and O–H groups in total. The number of esters is 1. The molecule has 3 heterocycles. The third kappa shape index (κ3) is 3.75. The lowest BCUT2D eigenvalue weighted by Gasteiger charge is -2.06. The highest BCUT2D eigenvalue weighted by molar-refractivity contribution is 8.14. The Morgan fingerprint density at radius 3 is 3.04 bits per heavy atom. The van der Waals surface area contributed by atoms with Gasteiger partial charge in [-0.2, -0.15) is 0 Å². The molecule has 8 heteroatoms. The predicted molar refractivity (Wildman–Crippen MR) is 106 cm³/mol. The monoisotopic (exact) mass is 382 g/mol. The second-order valence-electron chi connectivity index (χ2n) is 6.13. The Morgan fingerprint density at radius 2 is 2.26 bits per heavy atom. The molecule has 1 atom stereocenters. The molecule has 0 amide bonds. The van der Waals surface area contributed by atoms with Crippen LogP contribution in [-0.4, -0.2) is 39.9 Å². The number of benzene rings is 1. The molecule has 3 aromatic rings. The highest BCUT2D eigenvalue weighted by atomic mass is 32.2. The number of nitrogen functional groups attached to an aromatic ring is 1. The lowest BCUT2D eigenvalue weighted by atomic mass is 10.2. The Bertz CT molecular complexity index is 1020. The number of rotatable bonds is 5. The number of methoxy groups -OCH3 is 1. The van der Waals surface area contributed by atoms with Gasteiger partial charge in [-0.05, 0) is 24.3 Å². The van der Waals surface area contributed by atoms with Crippen molar-refractivity contribution in [3.63, 3.8) is 0 Å². The van der Waals surface area contributed by atoms with E-state index in [1.54, 1.807) is 30.2 Å². The van der Waals surface area contributed by atoms with E-state index >= 15 is 0 Å². The average Bonchev–Trinajstić information content (AvgIpc) is 3.29. The van der Waals surface area contributed by atoms with Gasteiger partial charge in [0, 0.05) is 23.4 Å². The van der Waals surface area contributed by atoms with Crippen molar-refractivity contribution in [3.8, 4) is 11.5 Å². The molecule has 138 valence electrons. The number of carbonyl (C=O) groups excluding carboxylic acids is 1. The second-order valence-corrected chi connectivity index (χ2v) is 7.14. The number of aromatic amines is 1. The van der Waals surface area contributed by atoms with Gasteiger partial charge in [0.1, 0.15) is 16.5 Å². The molecule has 0 saturated carbocycles. The van der Waals surface area contributed by atoms with Crippen molar-refractivity contribution in [2.24, 2.45) is 4.99 Å². The van der Waals surface area contributed by atoms with Crippen LogP contribution in [0.5, 0.6) is 11.5 Å². The lowest BCUT2D eigenvalue weighted by Crippen LogP contribution is -2.12. The fourth-order valence-electron chi connectivity index (χ4n) is 2.90. The SMILES string of the molecule is COC(=O)CC1CSC(c2cc3cc(Oc4cccnc4)cc(N)c3[nH]2)=N1. The summed E-state index contributed by atoms with van der Waals surface area (Å²) < 4.78 is 10.6. The smallest absolute Gasteiger partial charge is 0.307 e. The van der Waals surface area contributed by atoms with Crippen molar-refractivity contribution < 1.29 is 14.3 Å². The molecule has 1 aliphatic rings. The van der Waals surface area contributed by atoms with E-state index in [2.05, 4.69) is 15.0 Å². The first-order chi connectivity index (χ1) is 13.1. The normalized spacial score (nSPS) is 16.3. The number of pyridine rings is 1. The van der Waals surface area contributed by atoms with Crippen LogP contribution in [0.15, 0.2) is 47.7 Å². The van der Waals surface area contributed by atoms with E-state index in [0.29, 0.717) is 23.6 Å². The van der Waals surface area contributed by atoms with E-state index in [1.807, 2.05) is 24.3 Å². The molecule has 27 heavy (non-hydrogen) atoms. The minimum Gasteiger partial charge on any atom is -0.469 e. The highest BCUT2D eigenvalue weighted by Crippen LogP contribution is 2.33. The molecule has 1 aromatic carbocycles. The summed E-state index contributed by atoms with van der Waals surface area (Å²) in [5.41, 5.74) is 8.51. The summed E-state index contributed by atoms with van der Waals surface area (Å²) in [7, 11) is 1.39. The maximum atomic E-state index is 11.4. The zero-order valence-electron chi connectivity index (χ0n) is 14.6.